The van der Waals surface area contributed by atoms with Crippen LogP contribution >= 0.6 is 0 Å². The molecular formula is C13H25N. The van der Waals surface area contributed by atoms with Crippen LogP contribution in [-0.2, 0) is 0 Å². The summed E-state index contributed by atoms with van der Waals surface area (Å²) in [5.74, 6) is 0.882. The molecule has 0 aliphatic heterocycles. The van der Waals surface area contributed by atoms with Crippen molar-refractivity contribution in [2.75, 3.05) is 0 Å². The van der Waals surface area contributed by atoms with Gasteiger partial charge in [-0.3, -0.25) is 0 Å². The van der Waals surface area contributed by atoms with Crippen LogP contribution in [0.2, 0.25) is 0 Å². The lowest BCUT2D eigenvalue weighted by Crippen LogP contribution is -2.52. The molecule has 1 nitrogen and oxygen atoms in total. The Hall–Kier alpha value is -0.0400. The second-order valence-corrected chi connectivity index (χ2v) is 7.46. The highest BCUT2D eigenvalue weighted by Gasteiger charge is 2.48. The molecule has 14 heavy (non-hydrogen) atoms. The number of nitrogens with two attached hydrogens (primary N) is 1. The third-order valence-electron chi connectivity index (χ3n) is 4.11. The molecule has 0 aromatic carbocycles. The van der Waals surface area contributed by atoms with E-state index in [-0.39, 0.29) is 5.54 Å². The van der Waals surface area contributed by atoms with Crippen LogP contribution in [0.25, 0.3) is 0 Å². The minimum absolute atomic E-state index is 0.105. The predicted octanol–water partition coefficient (Wildman–Crippen LogP) is 3.33. The number of hydrogen-bond donors (Lipinski definition) is 1. The summed E-state index contributed by atoms with van der Waals surface area (Å²) < 4.78 is 0. The lowest BCUT2D eigenvalue weighted by molar-refractivity contribution is -0.0178. The largest absolute Gasteiger partial charge is 0.325 e. The Morgan fingerprint density at radius 3 is 2.14 bits per heavy atom. The second kappa shape index (κ2) is 2.75. The first-order chi connectivity index (χ1) is 6.20. The fourth-order valence-electron chi connectivity index (χ4n) is 4.84. The topological polar surface area (TPSA) is 26.0 Å². The average molecular weight is 195 g/mol. The quantitative estimate of drug-likeness (QED) is 0.630. The molecule has 0 saturated heterocycles. The van der Waals surface area contributed by atoms with Crippen LogP contribution in [-0.4, -0.2) is 5.54 Å². The van der Waals surface area contributed by atoms with Crippen molar-refractivity contribution in [1.29, 1.82) is 0 Å². The normalized spacial score (nSPS) is 51.6. The standard InChI is InChI=1S/C13H25N/c1-11(2)5-10-6-12(3,8-11)9-13(4,14)7-10/h10H,5-9,14H2,1-4H3. The third-order valence-corrected chi connectivity index (χ3v) is 4.11. The summed E-state index contributed by atoms with van der Waals surface area (Å²) in [5, 5.41) is 0. The van der Waals surface area contributed by atoms with E-state index in [2.05, 4.69) is 27.7 Å². The summed E-state index contributed by atoms with van der Waals surface area (Å²) in [5.41, 5.74) is 7.52. The van der Waals surface area contributed by atoms with Crippen LogP contribution in [0.1, 0.15) is 59.8 Å². The molecule has 2 N–H and O–H groups in total. The van der Waals surface area contributed by atoms with Crippen LogP contribution in [0.15, 0.2) is 0 Å². The van der Waals surface area contributed by atoms with Gasteiger partial charge in [0.2, 0.25) is 0 Å². The Kier molecular flexibility index (Phi) is 2.06. The van der Waals surface area contributed by atoms with Gasteiger partial charge < -0.3 is 5.73 Å². The van der Waals surface area contributed by atoms with Gasteiger partial charge in [0.25, 0.3) is 0 Å². The molecule has 2 rings (SSSR count). The fraction of sp³-hybridized carbons (Fsp3) is 1.00. The SMILES string of the molecule is CC1(C)CC2CC(C)(N)CC(C)(C2)C1. The van der Waals surface area contributed by atoms with Gasteiger partial charge in [-0.2, -0.15) is 0 Å². The maximum Gasteiger partial charge on any atom is 0.0133 e. The molecule has 82 valence electrons. The van der Waals surface area contributed by atoms with Crippen LogP contribution in [0, 0.1) is 16.7 Å². The van der Waals surface area contributed by atoms with E-state index in [0.717, 1.165) is 5.92 Å². The van der Waals surface area contributed by atoms with E-state index in [4.69, 9.17) is 5.73 Å². The van der Waals surface area contributed by atoms with Crippen molar-refractivity contribution in [2.24, 2.45) is 22.5 Å². The van der Waals surface area contributed by atoms with Gasteiger partial charge in [0.15, 0.2) is 0 Å². The van der Waals surface area contributed by atoms with E-state index in [1.165, 1.54) is 32.1 Å². The van der Waals surface area contributed by atoms with Crippen LogP contribution < -0.4 is 5.73 Å². The summed E-state index contributed by atoms with van der Waals surface area (Å²) >= 11 is 0. The molecule has 3 unspecified atom stereocenters. The lowest BCUT2D eigenvalue weighted by Gasteiger charge is -2.55. The summed E-state index contributed by atoms with van der Waals surface area (Å²) in [6.07, 6.45) is 6.63. The van der Waals surface area contributed by atoms with Crippen molar-refractivity contribution in [3.8, 4) is 0 Å². The van der Waals surface area contributed by atoms with Crippen molar-refractivity contribution < 1.29 is 0 Å². The first-order valence-corrected chi connectivity index (χ1v) is 5.99. The molecule has 0 amide bonds. The zero-order chi connectivity index (χ0) is 10.6. The van der Waals surface area contributed by atoms with Gasteiger partial charge in [-0.15, -0.1) is 0 Å². The van der Waals surface area contributed by atoms with Crippen molar-refractivity contribution in [2.45, 2.75) is 65.3 Å². The Labute approximate surface area is 88.4 Å². The molecule has 3 atom stereocenters. The maximum absolute atomic E-state index is 6.34. The molecule has 2 aliphatic rings. The van der Waals surface area contributed by atoms with Crippen molar-refractivity contribution in [3.63, 3.8) is 0 Å². The second-order valence-electron chi connectivity index (χ2n) is 7.46. The number of fused-ring (bicyclic) bond motifs is 2. The highest BCUT2D eigenvalue weighted by Crippen LogP contribution is 2.56. The van der Waals surface area contributed by atoms with Gasteiger partial charge in [-0.25, -0.2) is 0 Å². The number of hydrogen-bond acceptors (Lipinski definition) is 1. The Balaban J connectivity index is 2.22. The predicted molar refractivity (Wildman–Crippen MR) is 61.1 cm³/mol. The highest BCUT2D eigenvalue weighted by atomic mass is 14.8. The smallest absolute Gasteiger partial charge is 0.0133 e. The zero-order valence-electron chi connectivity index (χ0n) is 10.2. The van der Waals surface area contributed by atoms with Crippen molar-refractivity contribution in [3.05, 3.63) is 0 Å². The molecule has 0 aromatic rings. The molecule has 1 heteroatoms. The van der Waals surface area contributed by atoms with E-state index in [1.54, 1.807) is 0 Å². The Bertz CT molecular complexity index is 217. The molecule has 0 spiro atoms. The first kappa shape index (κ1) is 10.5. The lowest BCUT2D eigenvalue weighted by atomic mass is 9.52. The minimum Gasteiger partial charge on any atom is -0.325 e. The molecule has 2 saturated carbocycles. The molecule has 0 aromatic heterocycles. The van der Waals surface area contributed by atoms with E-state index in [1.807, 2.05) is 0 Å². The molecule has 2 fully saturated rings. The Morgan fingerprint density at radius 2 is 1.57 bits per heavy atom. The van der Waals surface area contributed by atoms with Crippen LogP contribution in [0.5, 0.6) is 0 Å². The van der Waals surface area contributed by atoms with Gasteiger partial charge in [-0.1, -0.05) is 20.8 Å². The fourth-order valence-corrected chi connectivity index (χ4v) is 4.84. The van der Waals surface area contributed by atoms with Crippen LogP contribution in [0.4, 0.5) is 0 Å². The van der Waals surface area contributed by atoms with Crippen LogP contribution in [0.3, 0.4) is 0 Å². The summed E-state index contributed by atoms with van der Waals surface area (Å²) in [7, 11) is 0. The first-order valence-electron chi connectivity index (χ1n) is 5.99. The van der Waals surface area contributed by atoms with Gasteiger partial charge in [0.05, 0.1) is 0 Å². The third kappa shape index (κ3) is 1.98. The monoisotopic (exact) mass is 195 g/mol. The summed E-state index contributed by atoms with van der Waals surface area (Å²) in [6, 6.07) is 0. The van der Waals surface area contributed by atoms with Gasteiger partial charge in [0.1, 0.15) is 0 Å². The van der Waals surface area contributed by atoms with E-state index in [0.29, 0.717) is 10.8 Å². The average Bonchev–Trinajstić information content (AvgIpc) is 1.71. The zero-order valence-corrected chi connectivity index (χ0v) is 10.2. The van der Waals surface area contributed by atoms with Crippen molar-refractivity contribution in [1.82, 2.24) is 0 Å². The molecule has 2 bridgehead atoms. The molecular weight excluding hydrogens is 170 g/mol. The Morgan fingerprint density at radius 1 is 0.929 bits per heavy atom. The molecule has 0 heterocycles. The van der Waals surface area contributed by atoms with Gasteiger partial charge >= 0.3 is 0 Å². The number of rotatable bonds is 0. The highest BCUT2D eigenvalue weighted by molar-refractivity contribution is 5.02. The van der Waals surface area contributed by atoms with E-state index in [9.17, 15) is 0 Å². The summed E-state index contributed by atoms with van der Waals surface area (Å²) in [4.78, 5) is 0. The molecule has 2 aliphatic carbocycles. The van der Waals surface area contributed by atoms with Gasteiger partial charge in [-0.05, 0) is 55.8 Å². The summed E-state index contributed by atoms with van der Waals surface area (Å²) in [6.45, 7) is 9.55. The van der Waals surface area contributed by atoms with Crippen molar-refractivity contribution >= 4 is 0 Å². The van der Waals surface area contributed by atoms with Gasteiger partial charge in [0, 0.05) is 5.54 Å². The minimum atomic E-state index is 0.105. The van der Waals surface area contributed by atoms with E-state index >= 15 is 0 Å². The molecule has 0 radical (unpaired) electrons. The van der Waals surface area contributed by atoms with E-state index < -0.39 is 0 Å². The maximum atomic E-state index is 6.34.